The predicted octanol–water partition coefficient (Wildman–Crippen LogP) is 6.80. The molecule has 0 bridgehead atoms. The molecule has 10 nitrogen and oxygen atoms in total. The zero-order valence-electron chi connectivity index (χ0n) is 25.0. The number of hydrogen-bond acceptors (Lipinski definition) is 8. The van der Waals surface area contributed by atoms with E-state index in [9.17, 15) is 19.5 Å². The van der Waals surface area contributed by atoms with E-state index in [4.69, 9.17) is 14.5 Å². The molecule has 0 saturated carbocycles. The molecular formula is C36H28N4O6. The van der Waals surface area contributed by atoms with Gasteiger partial charge in [-0.3, -0.25) is 0 Å². The normalized spacial score (nSPS) is 11.0. The standard InChI is InChI=1S/C36H28N4O6/c1-22(2)31-37-29-30(40(31)21-23-17-19-24(20-18-23)27-15-9-10-16-28(27)34(41)42)33(46-36(44)26-13-7-4-8-14-26)39-38-32(29)45-35(43)25-11-5-3-6-12-25/h3-20,22H,21H2,1-2H3,(H,41,42). The highest BCUT2D eigenvalue weighted by Gasteiger charge is 2.26. The second-order valence-electron chi connectivity index (χ2n) is 10.8. The van der Waals surface area contributed by atoms with Crippen molar-refractivity contribution in [2.75, 3.05) is 0 Å². The Balaban J connectivity index is 1.43. The Morgan fingerprint density at radius 2 is 1.26 bits per heavy atom. The van der Waals surface area contributed by atoms with Gasteiger partial charge < -0.3 is 19.1 Å². The number of nitrogens with zero attached hydrogens (tertiary/aromatic N) is 4. The Morgan fingerprint density at radius 3 is 1.85 bits per heavy atom. The van der Waals surface area contributed by atoms with Crippen molar-refractivity contribution in [1.82, 2.24) is 19.7 Å². The molecule has 46 heavy (non-hydrogen) atoms. The van der Waals surface area contributed by atoms with E-state index in [0.29, 0.717) is 34.6 Å². The van der Waals surface area contributed by atoms with Gasteiger partial charge in [-0.05, 0) is 47.0 Å². The molecule has 0 saturated heterocycles. The summed E-state index contributed by atoms with van der Waals surface area (Å²) >= 11 is 0. The van der Waals surface area contributed by atoms with Gasteiger partial charge >= 0.3 is 17.9 Å². The summed E-state index contributed by atoms with van der Waals surface area (Å²) < 4.78 is 13.3. The molecule has 0 unspecified atom stereocenters. The first-order valence-electron chi connectivity index (χ1n) is 14.5. The maximum absolute atomic E-state index is 13.1. The molecule has 2 heterocycles. The summed E-state index contributed by atoms with van der Waals surface area (Å²) in [7, 11) is 0. The summed E-state index contributed by atoms with van der Waals surface area (Å²) in [6.07, 6.45) is 0. The number of aromatic carboxylic acids is 1. The summed E-state index contributed by atoms with van der Waals surface area (Å²) in [5.41, 5.74) is 3.61. The van der Waals surface area contributed by atoms with Crippen LogP contribution in [0, 0.1) is 0 Å². The fourth-order valence-electron chi connectivity index (χ4n) is 5.10. The minimum atomic E-state index is -1.01. The molecule has 4 aromatic carbocycles. The number of carboxylic acids is 1. The molecular weight excluding hydrogens is 584 g/mol. The summed E-state index contributed by atoms with van der Waals surface area (Å²) in [6, 6.07) is 31.3. The second-order valence-corrected chi connectivity index (χ2v) is 10.8. The van der Waals surface area contributed by atoms with Crippen molar-refractivity contribution in [2.45, 2.75) is 26.3 Å². The van der Waals surface area contributed by atoms with Gasteiger partial charge in [-0.25, -0.2) is 19.4 Å². The van der Waals surface area contributed by atoms with E-state index in [0.717, 1.165) is 11.1 Å². The molecule has 10 heteroatoms. The number of carboxylic acid groups (broad SMARTS) is 1. The highest BCUT2D eigenvalue weighted by atomic mass is 16.6. The Labute approximate surface area is 263 Å². The third-order valence-electron chi connectivity index (χ3n) is 7.31. The molecule has 0 amide bonds. The van der Waals surface area contributed by atoms with Crippen LogP contribution < -0.4 is 9.47 Å². The molecule has 1 N–H and O–H groups in total. The summed E-state index contributed by atoms with van der Waals surface area (Å²) in [6.45, 7) is 4.23. The fourth-order valence-corrected chi connectivity index (χ4v) is 5.10. The van der Waals surface area contributed by atoms with Crippen LogP contribution in [0.1, 0.15) is 62.2 Å². The summed E-state index contributed by atoms with van der Waals surface area (Å²) in [5.74, 6) is -1.95. The molecule has 0 aliphatic carbocycles. The average molecular weight is 613 g/mol. The number of benzene rings is 4. The molecule has 228 valence electrons. The van der Waals surface area contributed by atoms with E-state index in [2.05, 4.69) is 10.2 Å². The highest BCUT2D eigenvalue weighted by Crippen LogP contribution is 2.34. The number of imidazole rings is 1. The van der Waals surface area contributed by atoms with Gasteiger partial charge in [-0.15, -0.1) is 10.2 Å². The van der Waals surface area contributed by atoms with Crippen LogP contribution in [0.15, 0.2) is 109 Å². The quantitative estimate of drug-likeness (QED) is 0.175. The molecule has 0 radical (unpaired) electrons. The first-order valence-corrected chi connectivity index (χ1v) is 14.5. The molecule has 0 aliphatic rings. The van der Waals surface area contributed by atoms with Crippen molar-refractivity contribution in [1.29, 1.82) is 0 Å². The van der Waals surface area contributed by atoms with Gasteiger partial charge in [0.2, 0.25) is 0 Å². The number of carbonyl (C=O) groups is 3. The van der Waals surface area contributed by atoms with Gasteiger partial charge in [0, 0.05) is 12.5 Å². The van der Waals surface area contributed by atoms with Crippen molar-refractivity contribution in [2.24, 2.45) is 0 Å². The maximum Gasteiger partial charge on any atom is 0.344 e. The van der Waals surface area contributed by atoms with E-state index in [1.54, 1.807) is 84.9 Å². The molecule has 0 spiro atoms. The molecule has 0 aliphatic heterocycles. The first kappa shape index (κ1) is 29.9. The van der Waals surface area contributed by atoms with Crippen molar-refractivity contribution in [3.8, 4) is 22.9 Å². The van der Waals surface area contributed by atoms with Gasteiger partial charge in [0.25, 0.3) is 11.8 Å². The fraction of sp³-hybridized carbons (Fsp3) is 0.111. The SMILES string of the molecule is CC(C)c1nc2c(OC(=O)c3ccccc3)nnc(OC(=O)c3ccccc3)c2n1Cc1ccc(-c2ccccc2C(=O)O)cc1. The third kappa shape index (κ3) is 6.09. The van der Waals surface area contributed by atoms with E-state index in [1.807, 2.05) is 42.7 Å². The van der Waals surface area contributed by atoms with E-state index < -0.39 is 17.9 Å². The van der Waals surface area contributed by atoms with Crippen LogP contribution >= 0.6 is 0 Å². The van der Waals surface area contributed by atoms with Crippen LogP contribution in [0.25, 0.3) is 22.2 Å². The van der Waals surface area contributed by atoms with Gasteiger partial charge in [0.15, 0.2) is 5.52 Å². The zero-order valence-corrected chi connectivity index (χ0v) is 25.0. The van der Waals surface area contributed by atoms with Gasteiger partial charge in [0.05, 0.1) is 16.7 Å². The van der Waals surface area contributed by atoms with Crippen LogP contribution in [-0.2, 0) is 6.54 Å². The molecule has 6 rings (SSSR count). The van der Waals surface area contributed by atoms with Crippen molar-refractivity contribution < 1.29 is 29.0 Å². The Bertz CT molecular complexity index is 2060. The number of esters is 2. The zero-order chi connectivity index (χ0) is 32.2. The van der Waals surface area contributed by atoms with Crippen LogP contribution in [0.2, 0.25) is 0 Å². The number of hydrogen-bond donors (Lipinski definition) is 1. The monoisotopic (exact) mass is 612 g/mol. The molecule has 6 aromatic rings. The lowest BCUT2D eigenvalue weighted by Crippen LogP contribution is -2.14. The lowest BCUT2D eigenvalue weighted by atomic mass is 9.98. The third-order valence-corrected chi connectivity index (χ3v) is 7.31. The minimum Gasteiger partial charge on any atom is -0.478 e. The predicted molar refractivity (Wildman–Crippen MR) is 170 cm³/mol. The summed E-state index contributed by atoms with van der Waals surface area (Å²) in [4.78, 5) is 42.7. The van der Waals surface area contributed by atoms with Crippen molar-refractivity contribution >= 4 is 28.9 Å². The number of ether oxygens (including phenoxy) is 2. The molecule has 2 aromatic heterocycles. The lowest BCUT2D eigenvalue weighted by molar-refractivity contribution is 0.0694. The van der Waals surface area contributed by atoms with E-state index in [1.165, 1.54) is 0 Å². The smallest absolute Gasteiger partial charge is 0.344 e. The van der Waals surface area contributed by atoms with Crippen LogP contribution in [0.4, 0.5) is 0 Å². The summed E-state index contributed by atoms with van der Waals surface area (Å²) in [5, 5.41) is 18.0. The topological polar surface area (TPSA) is 134 Å². The molecule has 0 atom stereocenters. The van der Waals surface area contributed by atoms with Crippen LogP contribution in [0.3, 0.4) is 0 Å². The number of fused-ring (bicyclic) bond motifs is 1. The largest absolute Gasteiger partial charge is 0.478 e. The van der Waals surface area contributed by atoms with Gasteiger partial charge in [-0.2, -0.15) is 0 Å². The minimum absolute atomic E-state index is 0.0882. The van der Waals surface area contributed by atoms with Gasteiger partial charge in [0.1, 0.15) is 11.3 Å². The number of aromatic nitrogens is 4. The van der Waals surface area contributed by atoms with Crippen molar-refractivity contribution in [3.63, 3.8) is 0 Å². The molecule has 0 fully saturated rings. The highest BCUT2D eigenvalue weighted by molar-refractivity contribution is 5.97. The number of carbonyl (C=O) groups excluding carboxylic acids is 2. The second kappa shape index (κ2) is 12.8. The Kier molecular flexibility index (Phi) is 8.34. The van der Waals surface area contributed by atoms with Crippen LogP contribution in [-0.4, -0.2) is 42.8 Å². The van der Waals surface area contributed by atoms with E-state index >= 15 is 0 Å². The number of rotatable bonds is 9. The maximum atomic E-state index is 13.1. The lowest BCUT2D eigenvalue weighted by Gasteiger charge is -2.14. The van der Waals surface area contributed by atoms with Crippen molar-refractivity contribution in [3.05, 3.63) is 137 Å². The van der Waals surface area contributed by atoms with E-state index in [-0.39, 0.29) is 28.8 Å². The Hall–Kier alpha value is -6.16. The average Bonchev–Trinajstić information content (AvgIpc) is 3.47. The van der Waals surface area contributed by atoms with Gasteiger partial charge in [-0.1, -0.05) is 92.7 Å². The first-order chi connectivity index (χ1) is 22.3. The van der Waals surface area contributed by atoms with Crippen LogP contribution in [0.5, 0.6) is 11.8 Å². The Morgan fingerprint density at radius 1 is 0.717 bits per heavy atom.